The first-order valence-corrected chi connectivity index (χ1v) is 5.85. The molecule has 1 aliphatic rings. The van der Waals surface area contributed by atoms with Gasteiger partial charge in [0.15, 0.2) is 0 Å². The Bertz CT molecular complexity index is 352. The molecule has 0 aromatic heterocycles. The lowest BCUT2D eigenvalue weighted by molar-refractivity contribution is 0.208. The van der Waals surface area contributed by atoms with Crippen LogP contribution in [0.1, 0.15) is 19.3 Å². The molecular formula is C13H20N2O. The first-order chi connectivity index (χ1) is 7.65. The molecule has 1 aliphatic carbocycles. The normalized spacial score (nSPS) is 24.4. The van der Waals surface area contributed by atoms with Gasteiger partial charge in [-0.05, 0) is 31.4 Å². The molecule has 1 aromatic rings. The molecular weight excluding hydrogens is 200 g/mol. The van der Waals surface area contributed by atoms with Crippen molar-refractivity contribution in [1.29, 1.82) is 0 Å². The number of hydrogen-bond donors (Lipinski definition) is 1. The van der Waals surface area contributed by atoms with Gasteiger partial charge < -0.3 is 15.4 Å². The van der Waals surface area contributed by atoms with Crippen LogP contribution in [-0.4, -0.2) is 26.2 Å². The van der Waals surface area contributed by atoms with E-state index in [4.69, 9.17) is 10.5 Å². The number of nitrogens with two attached hydrogens (primary N) is 1. The molecule has 2 rings (SSSR count). The largest absolute Gasteiger partial charge is 0.490 e. The summed E-state index contributed by atoms with van der Waals surface area (Å²) in [7, 11) is 4.06. The van der Waals surface area contributed by atoms with Crippen LogP contribution in [0, 0.1) is 0 Å². The molecule has 0 saturated heterocycles. The first kappa shape index (κ1) is 11.3. The summed E-state index contributed by atoms with van der Waals surface area (Å²) in [5.74, 6) is 0.949. The molecule has 16 heavy (non-hydrogen) atoms. The molecule has 0 aliphatic heterocycles. The molecule has 88 valence electrons. The van der Waals surface area contributed by atoms with Gasteiger partial charge in [0.25, 0.3) is 0 Å². The minimum absolute atomic E-state index is 0.299. The summed E-state index contributed by atoms with van der Waals surface area (Å²) < 4.78 is 5.93. The van der Waals surface area contributed by atoms with E-state index >= 15 is 0 Å². The maximum atomic E-state index is 5.93. The van der Waals surface area contributed by atoms with Crippen molar-refractivity contribution in [3.8, 4) is 5.75 Å². The van der Waals surface area contributed by atoms with Crippen LogP contribution >= 0.6 is 0 Å². The van der Waals surface area contributed by atoms with E-state index < -0.39 is 0 Å². The molecule has 3 heteroatoms. The number of benzene rings is 1. The molecule has 0 radical (unpaired) electrons. The van der Waals surface area contributed by atoms with Crippen LogP contribution in [0.3, 0.4) is 0 Å². The molecule has 0 heterocycles. The van der Waals surface area contributed by atoms with Gasteiger partial charge in [-0.15, -0.1) is 0 Å². The van der Waals surface area contributed by atoms with Crippen molar-refractivity contribution in [1.82, 2.24) is 0 Å². The second-order valence-corrected chi connectivity index (χ2v) is 4.70. The Morgan fingerprint density at radius 3 is 2.75 bits per heavy atom. The standard InChI is InChI=1S/C13H20N2O/c1-15(2)11-4-3-5-12(9-11)16-13-7-6-10(14)8-13/h3-5,9-10,13H,6-8,14H2,1-2H3. The zero-order valence-electron chi connectivity index (χ0n) is 10.0. The topological polar surface area (TPSA) is 38.5 Å². The van der Waals surface area contributed by atoms with Gasteiger partial charge in [-0.2, -0.15) is 0 Å². The van der Waals surface area contributed by atoms with Crippen molar-refractivity contribution < 1.29 is 4.74 Å². The average molecular weight is 220 g/mol. The number of nitrogens with zero attached hydrogens (tertiary/aromatic N) is 1. The van der Waals surface area contributed by atoms with E-state index in [0.29, 0.717) is 12.1 Å². The van der Waals surface area contributed by atoms with Crippen LogP contribution < -0.4 is 15.4 Å². The Kier molecular flexibility index (Phi) is 3.34. The van der Waals surface area contributed by atoms with Crippen LogP contribution in [0.15, 0.2) is 24.3 Å². The monoisotopic (exact) mass is 220 g/mol. The Balaban J connectivity index is 2.01. The summed E-state index contributed by atoms with van der Waals surface area (Å²) in [6.45, 7) is 0. The van der Waals surface area contributed by atoms with E-state index in [9.17, 15) is 0 Å². The zero-order valence-corrected chi connectivity index (χ0v) is 10.0. The van der Waals surface area contributed by atoms with Crippen LogP contribution in [0.5, 0.6) is 5.75 Å². The summed E-state index contributed by atoms with van der Waals surface area (Å²) in [4.78, 5) is 2.08. The van der Waals surface area contributed by atoms with Crippen molar-refractivity contribution in [2.75, 3.05) is 19.0 Å². The second kappa shape index (κ2) is 4.74. The van der Waals surface area contributed by atoms with Crippen molar-refractivity contribution >= 4 is 5.69 Å². The maximum absolute atomic E-state index is 5.93. The Hall–Kier alpha value is -1.22. The van der Waals surface area contributed by atoms with Crippen LogP contribution in [0.2, 0.25) is 0 Å². The molecule has 1 saturated carbocycles. The highest BCUT2D eigenvalue weighted by Crippen LogP contribution is 2.26. The van der Waals surface area contributed by atoms with E-state index in [1.54, 1.807) is 0 Å². The highest BCUT2D eigenvalue weighted by molar-refractivity contribution is 5.49. The van der Waals surface area contributed by atoms with Crippen LogP contribution in [0.4, 0.5) is 5.69 Å². The molecule has 2 atom stereocenters. The predicted octanol–water partition coefficient (Wildman–Crippen LogP) is 2.01. The Labute approximate surface area is 97.2 Å². The van der Waals surface area contributed by atoms with E-state index in [2.05, 4.69) is 17.0 Å². The third kappa shape index (κ3) is 2.67. The lowest BCUT2D eigenvalue weighted by atomic mass is 10.2. The molecule has 0 spiro atoms. The van der Waals surface area contributed by atoms with Gasteiger partial charge in [0.1, 0.15) is 11.9 Å². The smallest absolute Gasteiger partial charge is 0.121 e. The predicted molar refractivity (Wildman–Crippen MR) is 67.0 cm³/mol. The van der Waals surface area contributed by atoms with E-state index in [0.717, 1.165) is 25.0 Å². The summed E-state index contributed by atoms with van der Waals surface area (Å²) in [5.41, 5.74) is 7.04. The highest BCUT2D eigenvalue weighted by Gasteiger charge is 2.23. The van der Waals surface area contributed by atoms with Gasteiger partial charge in [-0.3, -0.25) is 0 Å². The molecule has 3 nitrogen and oxygen atoms in total. The van der Waals surface area contributed by atoms with Gasteiger partial charge in [0.2, 0.25) is 0 Å². The van der Waals surface area contributed by atoms with Gasteiger partial charge in [-0.1, -0.05) is 6.07 Å². The minimum Gasteiger partial charge on any atom is -0.490 e. The number of ether oxygens (including phenoxy) is 1. The summed E-state index contributed by atoms with van der Waals surface area (Å²) in [6.07, 6.45) is 3.44. The fourth-order valence-corrected chi connectivity index (χ4v) is 2.11. The van der Waals surface area contributed by atoms with Crippen LogP contribution in [0.25, 0.3) is 0 Å². The third-order valence-electron chi connectivity index (χ3n) is 3.06. The molecule has 1 aromatic carbocycles. The lowest BCUT2D eigenvalue weighted by Gasteiger charge is -2.17. The van der Waals surface area contributed by atoms with E-state index in [1.807, 2.05) is 26.2 Å². The SMILES string of the molecule is CN(C)c1cccc(OC2CCC(N)C2)c1. The third-order valence-corrected chi connectivity index (χ3v) is 3.06. The van der Waals surface area contributed by atoms with Crippen molar-refractivity contribution in [3.63, 3.8) is 0 Å². The fourth-order valence-electron chi connectivity index (χ4n) is 2.11. The molecule has 2 unspecified atom stereocenters. The summed E-state index contributed by atoms with van der Waals surface area (Å²) in [6, 6.07) is 8.51. The average Bonchev–Trinajstić information content (AvgIpc) is 2.64. The summed E-state index contributed by atoms with van der Waals surface area (Å²) in [5, 5.41) is 0. The number of anilines is 1. The Morgan fingerprint density at radius 1 is 1.31 bits per heavy atom. The van der Waals surface area contributed by atoms with Gasteiger partial charge in [0, 0.05) is 31.9 Å². The molecule has 2 N–H and O–H groups in total. The first-order valence-electron chi connectivity index (χ1n) is 5.85. The van der Waals surface area contributed by atoms with E-state index in [-0.39, 0.29) is 0 Å². The summed E-state index contributed by atoms with van der Waals surface area (Å²) >= 11 is 0. The van der Waals surface area contributed by atoms with Crippen molar-refractivity contribution in [2.45, 2.75) is 31.4 Å². The maximum Gasteiger partial charge on any atom is 0.121 e. The minimum atomic E-state index is 0.299. The van der Waals surface area contributed by atoms with E-state index in [1.165, 1.54) is 5.69 Å². The number of rotatable bonds is 3. The Morgan fingerprint density at radius 2 is 2.12 bits per heavy atom. The molecule has 1 fully saturated rings. The quantitative estimate of drug-likeness (QED) is 0.847. The zero-order chi connectivity index (χ0) is 11.5. The second-order valence-electron chi connectivity index (χ2n) is 4.70. The fraction of sp³-hybridized carbons (Fsp3) is 0.538. The van der Waals surface area contributed by atoms with Gasteiger partial charge in [0.05, 0.1) is 0 Å². The van der Waals surface area contributed by atoms with Gasteiger partial charge >= 0.3 is 0 Å². The van der Waals surface area contributed by atoms with Crippen LogP contribution in [-0.2, 0) is 0 Å². The number of hydrogen-bond acceptors (Lipinski definition) is 3. The van der Waals surface area contributed by atoms with Crippen molar-refractivity contribution in [3.05, 3.63) is 24.3 Å². The highest BCUT2D eigenvalue weighted by atomic mass is 16.5. The molecule has 0 bridgehead atoms. The lowest BCUT2D eigenvalue weighted by Crippen LogP contribution is -2.19. The van der Waals surface area contributed by atoms with Gasteiger partial charge in [-0.25, -0.2) is 0 Å². The molecule has 0 amide bonds. The van der Waals surface area contributed by atoms with Crippen molar-refractivity contribution in [2.24, 2.45) is 5.73 Å².